The quantitative estimate of drug-likeness (QED) is 0.167. The Kier molecular flexibility index (Phi) is 9.86. The number of aromatic nitrogens is 1. The number of H-pyrrole nitrogens is 1. The fourth-order valence-electron chi connectivity index (χ4n) is 5.87. The number of nitrogens with one attached hydrogen (secondary N) is 2. The predicted octanol–water partition coefficient (Wildman–Crippen LogP) is 6.95. The standard InChI is InChI=1S/C38H42N4O5S/c1-38(2,3)30-14-17-32(18-15-30)48(44,45)42(27-28-10-6-4-7-11-28)31-16-19-34-33(26-31)35(29-12-8-5-9-13-29)36(40-34)47-37(43)39-20-21-41-22-24-46-25-23-41/h4-19,26,40H,20-25,27H2,1-3H3,(H,39,43). The third-order valence-electron chi connectivity index (χ3n) is 8.57. The van der Waals surface area contributed by atoms with Gasteiger partial charge in [0.05, 0.1) is 35.9 Å². The minimum atomic E-state index is -3.98. The summed E-state index contributed by atoms with van der Waals surface area (Å²) < 4.78 is 41.5. The molecule has 1 aliphatic rings. The number of anilines is 1. The number of aromatic amines is 1. The first kappa shape index (κ1) is 33.3. The van der Waals surface area contributed by atoms with Crippen LogP contribution in [0.2, 0.25) is 0 Å². The summed E-state index contributed by atoms with van der Waals surface area (Å²) in [7, 11) is -3.98. The number of ether oxygens (including phenoxy) is 2. The smallest absolute Gasteiger partial charge is 0.393 e. The van der Waals surface area contributed by atoms with Gasteiger partial charge in [0.15, 0.2) is 0 Å². The molecule has 0 bridgehead atoms. The maximum atomic E-state index is 14.4. The number of hydrogen-bond donors (Lipinski definition) is 2. The van der Waals surface area contributed by atoms with Crippen LogP contribution < -0.4 is 14.4 Å². The van der Waals surface area contributed by atoms with E-state index in [1.165, 1.54) is 4.31 Å². The lowest BCUT2D eigenvalue weighted by Crippen LogP contribution is -2.41. The first-order valence-corrected chi connectivity index (χ1v) is 17.7. The van der Waals surface area contributed by atoms with Crippen molar-refractivity contribution in [2.24, 2.45) is 0 Å². The van der Waals surface area contributed by atoms with Crippen molar-refractivity contribution < 1.29 is 22.7 Å². The molecule has 1 aliphatic heterocycles. The van der Waals surface area contributed by atoms with Crippen molar-refractivity contribution in [3.8, 4) is 17.0 Å². The molecule has 1 amide bonds. The Balaban J connectivity index is 1.36. The fourth-order valence-corrected chi connectivity index (χ4v) is 7.31. The Hall–Kier alpha value is -4.64. The summed E-state index contributed by atoms with van der Waals surface area (Å²) in [5.41, 5.74) is 4.48. The van der Waals surface area contributed by atoms with Gasteiger partial charge < -0.3 is 19.8 Å². The van der Waals surface area contributed by atoms with Gasteiger partial charge in [0, 0.05) is 37.1 Å². The first-order valence-electron chi connectivity index (χ1n) is 16.2. The lowest BCUT2D eigenvalue weighted by molar-refractivity contribution is 0.0385. The molecule has 0 aliphatic carbocycles. The number of fused-ring (bicyclic) bond motifs is 1. The van der Waals surface area contributed by atoms with Crippen LogP contribution >= 0.6 is 0 Å². The summed E-state index contributed by atoms with van der Waals surface area (Å²) in [6.07, 6.45) is -0.570. The highest BCUT2D eigenvalue weighted by atomic mass is 32.2. The molecule has 48 heavy (non-hydrogen) atoms. The van der Waals surface area contributed by atoms with Crippen LogP contribution in [-0.2, 0) is 26.7 Å². The van der Waals surface area contributed by atoms with Gasteiger partial charge in [0.1, 0.15) is 0 Å². The van der Waals surface area contributed by atoms with Crippen molar-refractivity contribution in [1.82, 2.24) is 15.2 Å². The van der Waals surface area contributed by atoms with Crippen molar-refractivity contribution in [3.63, 3.8) is 0 Å². The van der Waals surface area contributed by atoms with E-state index >= 15 is 0 Å². The van der Waals surface area contributed by atoms with E-state index in [0.717, 1.165) is 35.2 Å². The number of carbonyl (C=O) groups excluding carboxylic acids is 1. The first-order chi connectivity index (χ1) is 23.1. The van der Waals surface area contributed by atoms with Crippen molar-refractivity contribution >= 4 is 32.7 Å². The van der Waals surface area contributed by atoms with E-state index in [2.05, 4.69) is 36.0 Å². The van der Waals surface area contributed by atoms with Crippen LogP contribution in [-0.4, -0.2) is 63.8 Å². The van der Waals surface area contributed by atoms with Crippen LogP contribution in [0.4, 0.5) is 10.5 Å². The zero-order valence-electron chi connectivity index (χ0n) is 27.6. The second-order valence-corrected chi connectivity index (χ2v) is 14.8. The Bertz CT molecular complexity index is 1950. The molecule has 9 nitrogen and oxygen atoms in total. The molecule has 0 unspecified atom stereocenters. The van der Waals surface area contributed by atoms with Crippen LogP contribution in [0.5, 0.6) is 5.88 Å². The Labute approximate surface area is 282 Å². The highest BCUT2D eigenvalue weighted by Crippen LogP contribution is 2.40. The van der Waals surface area contributed by atoms with E-state index in [1.807, 2.05) is 84.9 Å². The van der Waals surface area contributed by atoms with Crippen LogP contribution in [0.3, 0.4) is 0 Å². The largest absolute Gasteiger partial charge is 0.413 e. The van der Waals surface area contributed by atoms with Gasteiger partial charge in [-0.2, -0.15) is 0 Å². The van der Waals surface area contributed by atoms with Crippen molar-refractivity contribution in [2.45, 2.75) is 37.6 Å². The molecular formula is C38H42N4O5S. The van der Waals surface area contributed by atoms with E-state index in [1.54, 1.807) is 18.2 Å². The molecule has 1 fully saturated rings. The van der Waals surface area contributed by atoms with Crippen LogP contribution in [0.1, 0.15) is 31.9 Å². The van der Waals surface area contributed by atoms with Gasteiger partial charge in [-0.15, -0.1) is 0 Å². The van der Waals surface area contributed by atoms with Gasteiger partial charge >= 0.3 is 6.09 Å². The van der Waals surface area contributed by atoms with Gasteiger partial charge in [0.2, 0.25) is 5.88 Å². The molecule has 10 heteroatoms. The monoisotopic (exact) mass is 666 g/mol. The van der Waals surface area contributed by atoms with E-state index < -0.39 is 16.1 Å². The number of hydrogen-bond acceptors (Lipinski definition) is 6. The van der Waals surface area contributed by atoms with Gasteiger partial charge in [0.25, 0.3) is 10.0 Å². The van der Waals surface area contributed by atoms with E-state index in [4.69, 9.17) is 9.47 Å². The molecule has 0 atom stereocenters. The zero-order valence-corrected chi connectivity index (χ0v) is 28.4. The van der Waals surface area contributed by atoms with Crippen LogP contribution in [0, 0.1) is 0 Å². The minimum Gasteiger partial charge on any atom is -0.393 e. The van der Waals surface area contributed by atoms with Crippen molar-refractivity contribution in [3.05, 3.63) is 114 Å². The van der Waals surface area contributed by atoms with Crippen molar-refractivity contribution in [1.29, 1.82) is 0 Å². The Morgan fingerprint density at radius 1 is 0.917 bits per heavy atom. The summed E-state index contributed by atoms with van der Waals surface area (Å²) in [5.74, 6) is 0.285. The number of benzene rings is 4. The number of nitrogens with zero attached hydrogens (tertiary/aromatic N) is 2. The molecule has 2 heterocycles. The van der Waals surface area contributed by atoms with Crippen molar-refractivity contribution in [2.75, 3.05) is 43.7 Å². The number of sulfonamides is 1. The molecular weight excluding hydrogens is 625 g/mol. The van der Waals surface area contributed by atoms with Gasteiger partial charge in [-0.1, -0.05) is 93.6 Å². The SMILES string of the molecule is CC(C)(C)c1ccc(S(=O)(=O)N(Cc2ccccc2)c2ccc3[nH]c(OC(=O)NCCN4CCOCC4)c(-c4ccccc4)c3c2)cc1. The third kappa shape index (κ3) is 7.57. The highest BCUT2D eigenvalue weighted by Gasteiger charge is 2.28. The highest BCUT2D eigenvalue weighted by molar-refractivity contribution is 7.92. The van der Waals surface area contributed by atoms with E-state index in [0.29, 0.717) is 43.1 Å². The molecule has 1 aromatic heterocycles. The summed E-state index contributed by atoms with van der Waals surface area (Å²) in [5, 5.41) is 3.59. The minimum absolute atomic E-state index is 0.113. The molecule has 0 radical (unpaired) electrons. The molecule has 0 saturated carbocycles. The second kappa shape index (κ2) is 14.2. The normalized spacial score (nSPS) is 14.1. The summed E-state index contributed by atoms with van der Waals surface area (Å²) in [6.45, 7) is 10.6. The molecule has 4 aromatic carbocycles. The number of rotatable bonds is 10. The van der Waals surface area contributed by atoms with Gasteiger partial charge in [-0.3, -0.25) is 9.21 Å². The van der Waals surface area contributed by atoms with Crippen LogP contribution in [0.15, 0.2) is 108 Å². The maximum Gasteiger partial charge on any atom is 0.413 e. The van der Waals surface area contributed by atoms with E-state index in [-0.39, 0.29) is 22.7 Å². The molecule has 1 saturated heterocycles. The zero-order chi connectivity index (χ0) is 33.7. The van der Waals surface area contributed by atoms with Crippen LogP contribution in [0.25, 0.3) is 22.0 Å². The average molecular weight is 667 g/mol. The van der Waals surface area contributed by atoms with E-state index in [9.17, 15) is 13.2 Å². The lowest BCUT2D eigenvalue weighted by Gasteiger charge is -2.26. The molecule has 250 valence electrons. The number of carbonyl (C=O) groups is 1. The Morgan fingerprint density at radius 2 is 1.58 bits per heavy atom. The summed E-state index contributed by atoms with van der Waals surface area (Å²) in [4.78, 5) is 18.7. The molecule has 2 N–H and O–H groups in total. The third-order valence-corrected chi connectivity index (χ3v) is 10.4. The number of amides is 1. The lowest BCUT2D eigenvalue weighted by atomic mass is 9.87. The fraction of sp³-hybridized carbons (Fsp3) is 0.289. The molecule has 5 aromatic rings. The predicted molar refractivity (Wildman–Crippen MR) is 190 cm³/mol. The summed E-state index contributed by atoms with van der Waals surface area (Å²) >= 11 is 0. The summed E-state index contributed by atoms with van der Waals surface area (Å²) in [6, 6.07) is 31.7. The maximum absolute atomic E-state index is 14.4. The number of morpholine rings is 1. The average Bonchev–Trinajstić information content (AvgIpc) is 3.45. The Morgan fingerprint density at radius 3 is 2.25 bits per heavy atom. The van der Waals surface area contributed by atoms with Gasteiger partial charge in [-0.05, 0) is 52.4 Å². The molecule has 0 spiro atoms. The second-order valence-electron chi connectivity index (χ2n) is 13.0. The molecule has 6 rings (SSSR count). The topological polar surface area (TPSA) is 104 Å². The van der Waals surface area contributed by atoms with Gasteiger partial charge in [-0.25, -0.2) is 13.2 Å².